The molecule has 6 aliphatic rings. The SMILES string of the molecule is C=C[C@@H]1C[C@]1(NC(=O)[C@@H]1C[C@@H]2CN1C(=O)[C@H](C(C)(C)C)NC(=O)OCC(C)(C)COc1cccc(c1)-c1nc3ccccc3nc1O2)C(=O)NS(=O)(=O)C1CC1.CC1(C)COC(=O)N[C@@H](C(C)(C)C)C(=O)N2C[C@@H](C[C@H]2C(=O)O)Oc2nc3ccccc3nc2-c2cccc(c2)OC1. The smallest absolute Gasteiger partial charge is 0.407 e. The van der Waals surface area contributed by atoms with Gasteiger partial charge in [0.05, 0.1) is 53.6 Å². The molecule has 4 fully saturated rings. The van der Waals surface area contributed by atoms with Crippen molar-refractivity contribution in [2.24, 2.45) is 27.6 Å². The van der Waals surface area contributed by atoms with E-state index >= 15 is 0 Å². The lowest BCUT2D eigenvalue weighted by Crippen LogP contribution is -2.60. The monoisotopic (exact) mass is 1360 g/mol. The highest BCUT2D eigenvalue weighted by Crippen LogP contribution is 2.46. The summed E-state index contributed by atoms with van der Waals surface area (Å²) in [7, 11) is -3.92. The molecule has 12 rings (SSSR count). The molecule has 4 aromatic carbocycles. The fourth-order valence-electron chi connectivity index (χ4n) is 12.2. The van der Waals surface area contributed by atoms with Crippen molar-refractivity contribution in [2.45, 2.75) is 149 Å². The Morgan fingerprint density at radius 2 is 1.03 bits per heavy atom. The van der Waals surface area contributed by atoms with Crippen molar-refractivity contribution < 1.29 is 75.5 Å². The van der Waals surface area contributed by atoms with Crippen LogP contribution in [-0.2, 0) is 43.5 Å². The van der Waals surface area contributed by atoms with Crippen molar-refractivity contribution in [3.05, 3.63) is 110 Å². The minimum atomic E-state index is -3.92. The normalized spacial score (nSPS) is 25.0. The number of ether oxygens (including phenoxy) is 6. The van der Waals surface area contributed by atoms with Gasteiger partial charge >= 0.3 is 18.2 Å². The van der Waals surface area contributed by atoms with E-state index in [0.29, 0.717) is 68.9 Å². The van der Waals surface area contributed by atoms with Crippen LogP contribution >= 0.6 is 0 Å². The molecule has 6 heterocycles. The number of carboxylic acids is 1. The molecule has 8 atom stereocenters. The summed E-state index contributed by atoms with van der Waals surface area (Å²) in [5, 5.41) is 17.6. The number of alkyl carbamates (subject to hydrolysis) is 2. The van der Waals surface area contributed by atoms with E-state index in [-0.39, 0.29) is 70.5 Å². The van der Waals surface area contributed by atoms with Gasteiger partial charge in [0.25, 0.3) is 5.91 Å². The van der Waals surface area contributed by atoms with Crippen LogP contribution in [0.15, 0.2) is 110 Å². The lowest BCUT2D eigenvalue weighted by atomic mass is 9.85. The minimum absolute atomic E-state index is 0.0107. The topological polar surface area (TPSA) is 335 Å². The fraction of sp³-hybridized carbons (Fsp3) is 0.479. The number of nitrogens with one attached hydrogen (secondary N) is 4. The Balaban J connectivity index is 0.000000207. The number of nitrogens with zero attached hydrogens (tertiary/aromatic N) is 6. The number of benzene rings is 4. The largest absolute Gasteiger partial charge is 0.493 e. The minimum Gasteiger partial charge on any atom is -0.493 e. The molecule has 27 heteroatoms. The van der Waals surface area contributed by atoms with E-state index in [0.717, 1.165) is 0 Å². The highest BCUT2D eigenvalue weighted by molar-refractivity contribution is 7.91. The first-order valence-corrected chi connectivity index (χ1v) is 34.3. The molecule has 2 aromatic heterocycles. The Hall–Kier alpha value is -9.66. The average Bonchev–Trinajstić information content (AvgIpc) is 1.59. The molecule has 520 valence electrons. The number of hydrogen-bond donors (Lipinski definition) is 5. The molecule has 0 spiro atoms. The van der Waals surface area contributed by atoms with Gasteiger partial charge in [-0.1, -0.05) is 124 Å². The summed E-state index contributed by atoms with van der Waals surface area (Å²) < 4.78 is 64.1. The van der Waals surface area contributed by atoms with Crippen LogP contribution in [0, 0.1) is 27.6 Å². The first-order chi connectivity index (χ1) is 46.2. The van der Waals surface area contributed by atoms with Gasteiger partial charge in [-0.3, -0.25) is 23.9 Å². The molecule has 0 radical (unpaired) electrons. The lowest BCUT2D eigenvalue weighted by Gasteiger charge is -2.35. The van der Waals surface area contributed by atoms with Crippen molar-refractivity contribution >= 4 is 73.9 Å². The van der Waals surface area contributed by atoms with Gasteiger partial charge in [0.15, 0.2) is 0 Å². The van der Waals surface area contributed by atoms with E-state index in [1.54, 1.807) is 47.6 Å². The van der Waals surface area contributed by atoms with E-state index < -0.39 is 127 Å². The molecule has 2 aliphatic carbocycles. The fourth-order valence-corrected chi connectivity index (χ4v) is 13.5. The quantitative estimate of drug-likeness (QED) is 0.0941. The van der Waals surface area contributed by atoms with Crippen molar-refractivity contribution in [3.63, 3.8) is 0 Å². The summed E-state index contributed by atoms with van der Waals surface area (Å²) in [6.07, 6.45) is -0.546. The van der Waals surface area contributed by atoms with Gasteiger partial charge in [-0.25, -0.2) is 42.7 Å². The molecule has 8 bridgehead atoms. The summed E-state index contributed by atoms with van der Waals surface area (Å²) in [5.41, 5.74) is 0.352. The summed E-state index contributed by atoms with van der Waals surface area (Å²) >= 11 is 0. The number of aliphatic carboxylic acids is 1. The molecule has 5 N–H and O–H groups in total. The Morgan fingerprint density at radius 3 is 1.44 bits per heavy atom. The molecule has 2 saturated heterocycles. The van der Waals surface area contributed by atoms with Crippen LogP contribution in [0.4, 0.5) is 9.59 Å². The second-order valence-corrected chi connectivity index (χ2v) is 31.7. The standard InChI is InChI=1S/C40H48N6O9S.C31H36N4O7/c1-7-24-19-40(24,36(49)45-56(51,52)27-15-16-27)44-33(47)30-18-26-20-46(30)35(48)32(38(2,3)4)43-37(50)54-22-39(5,6)21-53-25-12-10-11-23(17-25)31-34(55-26)42-29-14-9-8-13-28(29)41-31;1-30(2,3)25-27(36)35-15-20(14-23(35)28(37)38)42-26-24(32-21-11-6-7-12-22(21)33-26)18-9-8-10-19(13-18)40-16-31(4,5)17-41-29(39)34-25/h7-14,17,24,26-27,30,32H,1,15-16,18-22H2,2-6H3,(H,43,50)(H,44,47)(H,45,49);6-13,20,23,25H,14-17H2,1-5H3,(H,34,39)(H,37,38)/t24-,26-,30+,32-,40-;20-,23+,25-/m11/s1. The number of aromatic nitrogens is 4. The van der Waals surface area contributed by atoms with Crippen LogP contribution < -0.4 is 39.6 Å². The maximum Gasteiger partial charge on any atom is 0.407 e. The van der Waals surface area contributed by atoms with Crippen LogP contribution in [0.25, 0.3) is 44.6 Å². The predicted molar refractivity (Wildman–Crippen MR) is 360 cm³/mol. The molecule has 26 nitrogen and oxygen atoms in total. The van der Waals surface area contributed by atoms with Gasteiger partial charge in [-0.05, 0) is 78.6 Å². The summed E-state index contributed by atoms with van der Waals surface area (Å²) in [6, 6.07) is 24.8. The highest BCUT2D eigenvalue weighted by Gasteiger charge is 2.62. The van der Waals surface area contributed by atoms with Crippen molar-refractivity contribution in [1.29, 1.82) is 0 Å². The van der Waals surface area contributed by atoms with Crippen molar-refractivity contribution in [3.8, 4) is 45.8 Å². The average molecular weight is 1370 g/mol. The molecule has 0 unspecified atom stereocenters. The molecular weight excluding hydrogens is 1280 g/mol. The third-order valence-corrected chi connectivity index (χ3v) is 19.8. The second-order valence-electron chi connectivity index (χ2n) is 29.7. The Bertz CT molecular complexity index is 4240. The van der Waals surface area contributed by atoms with E-state index in [1.165, 1.54) is 15.9 Å². The van der Waals surface area contributed by atoms with Crippen molar-refractivity contribution in [1.82, 2.24) is 50.4 Å². The predicted octanol–water partition coefficient (Wildman–Crippen LogP) is 8.16. The zero-order chi connectivity index (χ0) is 70.4. The van der Waals surface area contributed by atoms with Crippen LogP contribution in [0.2, 0.25) is 0 Å². The Kier molecular flexibility index (Phi) is 19.2. The van der Waals surface area contributed by atoms with Gasteiger partial charge in [0.1, 0.15) is 78.0 Å². The molecule has 2 saturated carbocycles. The maximum atomic E-state index is 14.7. The summed E-state index contributed by atoms with van der Waals surface area (Å²) in [5.74, 6) is -2.82. The lowest BCUT2D eigenvalue weighted by molar-refractivity contribution is -0.150. The third-order valence-electron chi connectivity index (χ3n) is 18.0. The van der Waals surface area contributed by atoms with Gasteiger partial charge in [0.2, 0.25) is 39.5 Å². The van der Waals surface area contributed by atoms with Crippen LogP contribution in [0.1, 0.15) is 101 Å². The van der Waals surface area contributed by atoms with Gasteiger partial charge < -0.3 is 59.3 Å². The number of fused-ring (bicyclic) bond motifs is 14. The summed E-state index contributed by atoms with van der Waals surface area (Å²) in [4.78, 5) is 117. The molecule has 4 aliphatic heterocycles. The van der Waals surface area contributed by atoms with Gasteiger partial charge in [-0.15, -0.1) is 6.58 Å². The number of cyclic esters (lactones) is 2. The molecule has 98 heavy (non-hydrogen) atoms. The van der Waals surface area contributed by atoms with E-state index in [4.69, 9.17) is 48.4 Å². The molecule has 6 aromatic rings. The number of carbonyl (C=O) groups is 7. The first-order valence-electron chi connectivity index (χ1n) is 32.7. The Labute approximate surface area is 568 Å². The Morgan fingerprint density at radius 1 is 0.612 bits per heavy atom. The number of carbonyl (C=O) groups excluding carboxylic acids is 6. The molecule has 6 amide bonds. The number of amides is 6. The number of para-hydroxylation sites is 4. The number of hydrogen-bond acceptors (Lipinski definition) is 19. The third kappa shape index (κ3) is 15.7. The zero-order valence-corrected chi connectivity index (χ0v) is 57.4. The zero-order valence-electron chi connectivity index (χ0n) is 56.6. The maximum absolute atomic E-state index is 14.7. The number of carboxylic acid groups (broad SMARTS) is 1. The van der Waals surface area contributed by atoms with Gasteiger partial charge in [-0.2, -0.15) is 0 Å². The van der Waals surface area contributed by atoms with E-state index in [1.807, 2.05) is 119 Å². The van der Waals surface area contributed by atoms with Crippen molar-refractivity contribution in [2.75, 3.05) is 39.5 Å². The van der Waals surface area contributed by atoms with Crippen LogP contribution in [0.3, 0.4) is 0 Å². The number of rotatable bonds is 7. The van der Waals surface area contributed by atoms with Crippen LogP contribution in [0.5, 0.6) is 23.3 Å². The van der Waals surface area contributed by atoms with E-state index in [2.05, 4.69) is 27.3 Å². The summed E-state index contributed by atoms with van der Waals surface area (Å²) in [6.45, 7) is 22.4. The van der Waals surface area contributed by atoms with Crippen LogP contribution in [-0.4, -0.2) is 172 Å². The molecular formula is C71H84N10O16S. The second kappa shape index (κ2) is 27.0. The first kappa shape index (κ1) is 69.7. The number of sulfonamides is 1. The van der Waals surface area contributed by atoms with Gasteiger partial charge in [0, 0.05) is 40.7 Å². The highest BCUT2D eigenvalue weighted by atomic mass is 32.2. The van der Waals surface area contributed by atoms with E-state index in [9.17, 15) is 47.1 Å².